The molecule has 4 nitrogen and oxygen atoms in total. The van der Waals surface area contributed by atoms with Crippen LogP contribution in [0.1, 0.15) is 48.3 Å². The number of carboxylic acid groups (broad SMARTS) is 1. The van der Waals surface area contributed by atoms with E-state index in [1.54, 1.807) is 16.8 Å². The third-order valence-electron chi connectivity index (χ3n) is 4.98. The number of hydrogen-bond acceptors (Lipinski definition) is 2. The Bertz CT molecular complexity index is 770. The Morgan fingerprint density at radius 1 is 1.21 bits per heavy atom. The monoisotopic (exact) mass is 325 g/mol. The molecule has 1 unspecified atom stereocenters. The van der Waals surface area contributed by atoms with Crippen LogP contribution in [0, 0.1) is 12.8 Å². The van der Waals surface area contributed by atoms with E-state index in [1.165, 1.54) is 0 Å². The minimum absolute atomic E-state index is 0.0200. The highest BCUT2D eigenvalue weighted by molar-refractivity contribution is 5.76. The second kappa shape index (κ2) is 7.04. The van der Waals surface area contributed by atoms with E-state index >= 15 is 0 Å². The van der Waals surface area contributed by atoms with Crippen LogP contribution in [0.2, 0.25) is 0 Å². The lowest BCUT2D eigenvalue weighted by atomic mass is 9.84. The summed E-state index contributed by atoms with van der Waals surface area (Å²) in [7, 11) is 0. The van der Waals surface area contributed by atoms with E-state index < -0.39 is 11.9 Å². The lowest BCUT2D eigenvalue weighted by Crippen LogP contribution is -2.20. The molecule has 1 aromatic carbocycles. The molecule has 1 aromatic heterocycles. The molecule has 1 heterocycles. The van der Waals surface area contributed by atoms with Crippen LogP contribution >= 0.6 is 0 Å². The average Bonchev–Trinajstić information content (AvgIpc) is 3.05. The van der Waals surface area contributed by atoms with Crippen molar-refractivity contribution in [1.29, 1.82) is 0 Å². The summed E-state index contributed by atoms with van der Waals surface area (Å²) in [5, 5.41) is 9.61. The van der Waals surface area contributed by atoms with E-state index in [2.05, 4.69) is 0 Å². The van der Waals surface area contributed by atoms with Crippen LogP contribution in [0.3, 0.4) is 0 Å². The molecule has 0 saturated heterocycles. The molecule has 1 atom stereocenters. The molecule has 24 heavy (non-hydrogen) atoms. The highest BCUT2D eigenvalue weighted by atomic mass is 16.4. The van der Waals surface area contributed by atoms with Gasteiger partial charge in [0.25, 0.3) is 5.56 Å². The van der Waals surface area contributed by atoms with Gasteiger partial charge in [-0.2, -0.15) is 0 Å². The number of hydrogen-bond donors (Lipinski definition) is 1. The second-order valence-electron chi connectivity index (χ2n) is 6.77. The van der Waals surface area contributed by atoms with Crippen LogP contribution in [0.15, 0.2) is 47.4 Å². The minimum atomic E-state index is -0.732. The first-order valence-electron chi connectivity index (χ1n) is 8.53. The van der Waals surface area contributed by atoms with Crippen LogP contribution in [-0.4, -0.2) is 15.6 Å². The van der Waals surface area contributed by atoms with Crippen LogP contribution < -0.4 is 5.56 Å². The number of aryl methyl sites for hydroxylation is 1. The van der Waals surface area contributed by atoms with Crippen LogP contribution in [0.25, 0.3) is 0 Å². The molecular weight excluding hydrogens is 302 g/mol. The Morgan fingerprint density at radius 3 is 2.46 bits per heavy atom. The number of nitrogens with zero attached hydrogens (tertiary/aromatic N) is 1. The zero-order chi connectivity index (χ0) is 17.1. The maximum Gasteiger partial charge on any atom is 0.311 e. The number of rotatable bonds is 5. The normalized spacial score (nSPS) is 16.2. The summed E-state index contributed by atoms with van der Waals surface area (Å²) in [5.74, 6) is -0.902. The zero-order valence-electron chi connectivity index (χ0n) is 13.9. The van der Waals surface area contributed by atoms with E-state index in [-0.39, 0.29) is 11.5 Å². The largest absolute Gasteiger partial charge is 0.481 e. The summed E-state index contributed by atoms with van der Waals surface area (Å²) in [4.78, 5) is 23.7. The number of aromatic nitrogens is 1. The molecule has 3 rings (SSSR count). The Labute approximate surface area is 141 Å². The Hall–Kier alpha value is -2.36. The van der Waals surface area contributed by atoms with E-state index in [0.29, 0.717) is 6.54 Å². The Morgan fingerprint density at radius 2 is 1.88 bits per heavy atom. The minimum Gasteiger partial charge on any atom is -0.481 e. The first-order valence-corrected chi connectivity index (χ1v) is 8.53. The van der Waals surface area contributed by atoms with Gasteiger partial charge in [-0.25, -0.2) is 0 Å². The second-order valence-corrected chi connectivity index (χ2v) is 6.77. The van der Waals surface area contributed by atoms with Crippen molar-refractivity contribution in [1.82, 2.24) is 4.57 Å². The molecule has 2 aromatic rings. The summed E-state index contributed by atoms with van der Waals surface area (Å²) in [6.07, 6.45) is 6.05. The van der Waals surface area contributed by atoms with Crippen LogP contribution in [0.5, 0.6) is 0 Å². The lowest BCUT2D eigenvalue weighted by molar-refractivity contribution is -0.140. The van der Waals surface area contributed by atoms with Gasteiger partial charge in [0.15, 0.2) is 0 Å². The van der Waals surface area contributed by atoms with Gasteiger partial charge >= 0.3 is 5.97 Å². The first kappa shape index (κ1) is 16.5. The molecule has 0 aliphatic heterocycles. The molecule has 0 radical (unpaired) electrons. The van der Waals surface area contributed by atoms with Crippen molar-refractivity contribution < 1.29 is 9.90 Å². The van der Waals surface area contributed by atoms with Gasteiger partial charge in [-0.3, -0.25) is 9.59 Å². The molecule has 4 heteroatoms. The van der Waals surface area contributed by atoms with Crippen LogP contribution in [-0.2, 0) is 11.3 Å². The maximum absolute atomic E-state index is 12.0. The predicted molar refractivity (Wildman–Crippen MR) is 93.3 cm³/mol. The zero-order valence-corrected chi connectivity index (χ0v) is 13.9. The average molecular weight is 325 g/mol. The maximum atomic E-state index is 12.0. The molecule has 0 bridgehead atoms. The van der Waals surface area contributed by atoms with Crippen molar-refractivity contribution in [3.8, 4) is 0 Å². The van der Waals surface area contributed by atoms with Crippen molar-refractivity contribution >= 4 is 5.97 Å². The first-order chi connectivity index (χ1) is 11.5. The summed E-state index contributed by atoms with van der Waals surface area (Å²) >= 11 is 0. The smallest absolute Gasteiger partial charge is 0.311 e. The van der Waals surface area contributed by atoms with Crippen molar-refractivity contribution in [3.63, 3.8) is 0 Å². The fourth-order valence-electron chi connectivity index (χ4n) is 3.67. The number of aliphatic carboxylic acids is 1. The fraction of sp³-hybridized carbons (Fsp3) is 0.400. The SMILES string of the molecule is Cc1ccn(Cc2ccc(C(C(=O)O)C3CCCC3)cc2)c(=O)c1. The van der Waals surface area contributed by atoms with Gasteiger partial charge in [-0.05, 0) is 48.4 Å². The van der Waals surface area contributed by atoms with Crippen molar-refractivity contribution in [2.24, 2.45) is 5.92 Å². The quantitative estimate of drug-likeness (QED) is 0.914. The van der Waals surface area contributed by atoms with Crippen molar-refractivity contribution in [2.75, 3.05) is 0 Å². The van der Waals surface area contributed by atoms with Gasteiger partial charge in [-0.15, -0.1) is 0 Å². The van der Waals surface area contributed by atoms with E-state index in [0.717, 1.165) is 42.4 Å². The third kappa shape index (κ3) is 3.58. The van der Waals surface area contributed by atoms with Gasteiger partial charge in [0.1, 0.15) is 0 Å². The molecule has 0 amide bonds. The molecule has 1 N–H and O–H groups in total. The van der Waals surface area contributed by atoms with E-state index in [4.69, 9.17) is 0 Å². The Kier molecular flexibility index (Phi) is 4.84. The standard InChI is InChI=1S/C20H23NO3/c1-14-10-11-21(18(22)12-14)13-15-6-8-17(9-7-15)19(20(23)24)16-4-2-3-5-16/h6-12,16,19H,2-5,13H2,1H3,(H,23,24). The highest BCUT2D eigenvalue weighted by Crippen LogP contribution is 2.37. The molecule has 1 aliphatic rings. The molecule has 0 spiro atoms. The summed E-state index contributed by atoms with van der Waals surface area (Å²) in [6.45, 7) is 2.40. The lowest BCUT2D eigenvalue weighted by Gasteiger charge is -2.20. The molecule has 1 saturated carbocycles. The number of carboxylic acids is 1. The van der Waals surface area contributed by atoms with Gasteiger partial charge in [0.2, 0.25) is 0 Å². The summed E-state index contributed by atoms with van der Waals surface area (Å²) < 4.78 is 1.66. The van der Waals surface area contributed by atoms with Gasteiger partial charge in [-0.1, -0.05) is 37.1 Å². The molecule has 1 aliphatic carbocycles. The number of carbonyl (C=O) groups is 1. The van der Waals surface area contributed by atoms with Gasteiger partial charge in [0.05, 0.1) is 12.5 Å². The van der Waals surface area contributed by atoms with Crippen molar-refractivity contribution in [2.45, 2.75) is 45.1 Å². The molecule has 126 valence electrons. The Balaban J connectivity index is 1.79. The van der Waals surface area contributed by atoms with E-state index in [9.17, 15) is 14.7 Å². The fourth-order valence-corrected chi connectivity index (χ4v) is 3.67. The van der Waals surface area contributed by atoms with Crippen LogP contribution in [0.4, 0.5) is 0 Å². The van der Waals surface area contributed by atoms with Crippen molar-refractivity contribution in [3.05, 3.63) is 69.6 Å². The van der Waals surface area contributed by atoms with Gasteiger partial charge in [0, 0.05) is 12.3 Å². The van der Waals surface area contributed by atoms with E-state index in [1.807, 2.05) is 37.3 Å². The predicted octanol–water partition coefficient (Wildman–Crippen LogP) is 3.56. The molecule has 1 fully saturated rings. The number of benzene rings is 1. The summed E-state index contributed by atoms with van der Waals surface area (Å²) in [6, 6.07) is 11.2. The molecular formula is C20H23NO3. The third-order valence-corrected chi connectivity index (χ3v) is 4.98. The highest BCUT2D eigenvalue weighted by Gasteiger charge is 2.31. The van der Waals surface area contributed by atoms with Gasteiger partial charge < -0.3 is 9.67 Å². The topological polar surface area (TPSA) is 59.3 Å². The number of pyridine rings is 1. The summed E-state index contributed by atoms with van der Waals surface area (Å²) in [5.41, 5.74) is 2.80.